The van der Waals surface area contributed by atoms with Gasteiger partial charge in [-0.1, -0.05) is 0 Å². The number of aryl methyl sites for hydroxylation is 1. The summed E-state index contributed by atoms with van der Waals surface area (Å²) in [6.07, 6.45) is 0.602. The van der Waals surface area contributed by atoms with Gasteiger partial charge in [0.05, 0.1) is 15.8 Å². The molecule has 2 aromatic rings. The van der Waals surface area contributed by atoms with Crippen molar-refractivity contribution in [2.24, 2.45) is 0 Å². The molecule has 0 aliphatic carbocycles. The van der Waals surface area contributed by atoms with Crippen LogP contribution < -0.4 is 11.2 Å². The number of aromatic nitrogens is 2. The van der Waals surface area contributed by atoms with Crippen LogP contribution >= 0.6 is 0 Å². The molecular weight excluding hydrogens is 290 g/mol. The third kappa shape index (κ3) is 2.77. The largest absolute Gasteiger partial charge is 0.385 e. The van der Waals surface area contributed by atoms with Crippen molar-refractivity contribution in [1.82, 2.24) is 9.13 Å². The van der Waals surface area contributed by atoms with Crippen LogP contribution in [0.1, 0.15) is 13.3 Å². The molecule has 1 aromatic carbocycles. The van der Waals surface area contributed by atoms with E-state index in [0.717, 1.165) is 4.57 Å². The van der Waals surface area contributed by atoms with E-state index in [9.17, 15) is 19.7 Å². The van der Waals surface area contributed by atoms with Crippen LogP contribution in [0.2, 0.25) is 0 Å². The molecule has 8 heteroatoms. The first kappa shape index (κ1) is 15.9. The van der Waals surface area contributed by atoms with Crippen molar-refractivity contribution in [2.75, 3.05) is 13.7 Å². The summed E-state index contributed by atoms with van der Waals surface area (Å²) >= 11 is 0. The molecule has 8 nitrogen and oxygen atoms in total. The molecule has 2 rings (SSSR count). The lowest BCUT2D eigenvalue weighted by molar-refractivity contribution is -0.384. The zero-order chi connectivity index (χ0) is 16.3. The predicted molar refractivity (Wildman–Crippen MR) is 81.3 cm³/mol. The van der Waals surface area contributed by atoms with Crippen LogP contribution in [0.15, 0.2) is 27.8 Å². The number of ether oxygens (including phenoxy) is 1. The average molecular weight is 307 g/mol. The number of hydrogen-bond donors (Lipinski definition) is 0. The maximum absolute atomic E-state index is 12.4. The Morgan fingerprint density at radius 2 is 2.00 bits per heavy atom. The van der Waals surface area contributed by atoms with E-state index in [1.54, 1.807) is 14.0 Å². The number of nitrogens with zero attached hydrogens (tertiary/aromatic N) is 3. The first-order chi connectivity index (χ1) is 10.5. The van der Waals surface area contributed by atoms with Crippen molar-refractivity contribution < 1.29 is 9.66 Å². The standard InChI is InChI=1S/C14H17N3O5/c1-3-15-13(18)11-9-10(17(20)21)5-6-12(11)16(14(15)19)7-4-8-22-2/h5-6,9H,3-4,7-8H2,1-2H3. The summed E-state index contributed by atoms with van der Waals surface area (Å²) in [7, 11) is 1.57. The van der Waals surface area contributed by atoms with Gasteiger partial charge in [-0.3, -0.25) is 24.0 Å². The number of non-ortho nitro benzene ring substituents is 1. The molecule has 0 bridgehead atoms. The zero-order valence-electron chi connectivity index (χ0n) is 12.4. The summed E-state index contributed by atoms with van der Waals surface area (Å²) in [6.45, 7) is 2.75. The number of nitro groups is 1. The van der Waals surface area contributed by atoms with Gasteiger partial charge in [-0.25, -0.2) is 4.79 Å². The second-order valence-electron chi connectivity index (χ2n) is 4.79. The van der Waals surface area contributed by atoms with Gasteiger partial charge >= 0.3 is 5.69 Å². The van der Waals surface area contributed by atoms with E-state index in [0.29, 0.717) is 25.1 Å². The number of methoxy groups -OCH3 is 1. The Hall–Kier alpha value is -2.48. The lowest BCUT2D eigenvalue weighted by atomic mass is 10.2. The number of benzene rings is 1. The smallest absolute Gasteiger partial charge is 0.331 e. The van der Waals surface area contributed by atoms with Crippen molar-refractivity contribution in [3.63, 3.8) is 0 Å². The minimum atomic E-state index is -0.560. The van der Waals surface area contributed by atoms with Crippen molar-refractivity contribution >= 4 is 16.6 Å². The fourth-order valence-electron chi connectivity index (χ4n) is 2.39. The molecule has 0 spiro atoms. The van der Waals surface area contributed by atoms with E-state index in [1.807, 2.05) is 0 Å². The van der Waals surface area contributed by atoms with E-state index in [1.165, 1.54) is 22.8 Å². The molecule has 118 valence electrons. The Labute approximate surface area is 125 Å². The highest BCUT2D eigenvalue weighted by molar-refractivity contribution is 5.80. The van der Waals surface area contributed by atoms with Crippen molar-refractivity contribution in [3.8, 4) is 0 Å². The highest BCUT2D eigenvalue weighted by Crippen LogP contribution is 2.17. The average Bonchev–Trinajstić information content (AvgIpc) is 2.50. The monoisotopic (exact) mass is 307 g/mol. The second kappa shape index (κ2) is 6.52. The molecule has 0 amide bonds. The molecule has 0 saturated carbocycles. The Kier molecular flexibility index (Phi) is 4.71. The second-order valence-corrected chi connectivity index (χ2v) is 4.79. The molecule has 1 heterocycles. The van der Waals surface area contributed by atoms with Crippen LogP contribution in [0.5, 0.6) is 0 Å². The molecule has 0 aliphatic rings. The van der Waals surface area contributed by atoms with Crippen LogP contribution in [-0.2, 0) is 17.8 Å². The lowest BCUT2D eigenvalue weighted by Crippen LogP contribution is -2.39. The summed E-state index contributed by atoms with van der Waals surface area (Å²) in [5, 5.41) is 11.1. The predicted octanol–water partition coefficient (Wildman–Crippen LogP) is 1.13. The van der Waals surface area contributed by atoms with Crippen molar-refractivity contribution in [2.45, 2.75) is 26.4 Å². The topological polar surface area (TPSA) is 96.4 Å². The minimum absolute atomic E-state index is 0.172. The lowest BCUT2D eigenvalue weighted by Gasteiger charge is -2.12. The fraction of sp³-hybridized carbons (Fsp3) is 0.429. The van der Waals surface area contributed by atoms with Crippen LogP contribution in [0.3, 0.4) is 0 Å². The fourth-order valence-corrected chi connectivity index (χ4v) is 2.39. The summed E-state index contributed by atoms with van der Waals surface area (Å²) in [5.41, 5.74) is -0.685. The molecule has 0 saturated heterocycles. The summed E-state index contributed by atoms with van der Waals surface area (Å²) < 4.78 is 7.52. The molecule has 1 aromatic heterocycles. The van der Waals surface area contributed by atoms with Gasteiger partial charge in [0, 0.05) is 38.9 Å². The summed E-state index contributed by atoms with van der Waals surface area (Å²) in [6, 6.07) is 3.96. The van der Waals surface area contributed by atoms with Crippen molar-refractivity contribution in [1.29, 1.82) is 0 Å². The van der Waals surface area contributed by atoms with Gasteiger partial charge in [-0.05, 0) is 19.4 Å². The van der Waals surface area contributed by atoms with E-state index in [4.69, 9.17) is 4.74 Å². The molecule has 0 atom stereocenters. The molecule has 0 unspecified atom stereocenters. The molecular formula is C14H17N3O5. The molecule has 0 radical (unpaired) electrons. The van der Waals surface area contributed by atoms with Crippen LogP contribution in [-0.4, -0.2) is 27.8 Å². The number of rotatable bonds is 6. The summed E-state index contributed by atoms with van der Waals surface area (Å²) in [4.78, 5) is 35.1. The van der Waals surface area contributed by atoms with E-state index >= 15 is 0 Å². The Morgan fingerprint density at radius 3 is 2.59 bits per heavy atom. The molecule has 22 heavy (non-hydrogen) atoms. The normalized spacial score (nSPS) is 11.0. The number of fused-ring (bicyclic) bond motifs is 1. The van der Waals surface area contributed by atoms with Gasteiger partial charge in [0.15, 0.2) is 0 Å². The van der Waals surface area contributed by atoms with Gasteiger partial charge in [0.25, 0.3) is 11.2 Å². The van der Waals surface area contributed by atoms with Gasteiger partial charge in [-0.15, -0.1) is 0 Å². The maximum atomic E-state index is 12.4. The minimum Gasteiger partial charge on any atom is -0.385 e. The Bertz CT molecular complexity index is 822. The number of nitro benzene ring substituents is 1. The van der Waals surface area contributed by atoms with Gasteiger partial charge in [0.1, 0.15) is 0 Å². The molecule has 0 aliphatic heterocycles. The van der Waals surface area contributed by atoms with E-state index < -0.39 is 16.2 Å². The molecule has 0 fully saturated rings. The first-order valence-corrected chi connectivity index (χ1v) is 6.92. The summed E-state index contributed by atoms with van der Waals surface area (Å²) in [5.74, 6) is 0. The third-order valence-electron chi connectivity index (χ3n) is 3.47. The van der Waals surface area contributed by atoms with Crippen molar-refractivity contribution in [3.05, 3.63) is 49.2 Å². The highest BCUT2D eigenvalue weighted by atomic mass is 16.6. The van der Waals surface area contributed by atoms with Gasteiger partial charge in [-0.2, -0.15) is 0 Å². The zero-order valence-corrected chi connectivity index (χ0v) is 12.4. The van der Waals surface area contributed by atoms with Crippen LogP contribution in [0.4, 0.5) is 5.69 Å². The van der Waals surface area contributed by atoms with E-state index in [2.05, 4.69) is 0 Å². The highest BCUT2D eigenvalue weighted by Gasteiger charge is 2.15. The van der Waals surface area contributed by atoms with Crippen LogP contribution in [0.25, 0.3) is 10.9 Å². The maximum Gasteiger partial charge on any atom is 0.331 e. The Balaban J connectivity index is 2.74. The van der Waals surface area contributed by atoms with Gasteiger partial charge < -0.3 is 4.74 Å². The Morgan fingerprint density at radius 1 is 1.27 bits per heavy atom. The van der Waals surface area contributed by atoms with Gasteiger partial charge in [0.2, 0.25) is 0 Å². The SMILES string of the molecule is CCn1c(=O)c2cc([N+](=O)[O-])ccc2n(CCCOC)c1=O. The third-order valence-corrected chi connectivity index (χ3v) is 3.47. The van der Waals surface area contributed by atoms with Crippen LogP contribution in [0, 0.1) is 10.1 Å². The quantitative estimate of drug-likeness (QED) is 0.453. The van der Waals surface area contributed by atoms with E-state index in [-0.39, 0.29) is 17.6 Å². The molecule has 0 N–H and O–H groups in total. The first-order valence-electron chi connectivity index (χ1n) is 6.92. The number of hydrogen-bond acceptors (Lipinski definition) is 5.